The van der Waals surface area contributed by atoms with Crippen LogP contribution in [-0.4, -0.2) is 14.6 Å². The molecule has 1 fully saturated rings. The lowest BCUT2D eigenvalue weighted by Gasteiger charge is -2.05. The second-order valence-electron chi connectivity index (χ2n) is 7.01. The van der Waals surface area contributed by atoms with Gasteiger partial charge in [0.05, 0.1) is 17.3 Å². The third-order valence-electron chi connectivity index (χ3n) is 5.07. The van der Waals surface area contributed by atoms with E-state index in [2.05, 4.69) is 11.2 Å². The molecular formula is C22H15ClN4O. The smallest absolute Gasteiger partial charge is 0.273 e. The van der Waals surface area contributed by atoms with E-state index >= 15 is 0 Å². The Morgan fingerprint density at radius 1 is 1.07 bits per heavy atom. The van der Waals surface area contributed by atoms with Gasteiger partial charge in [-0.05, 0) is 42.7 Å². The standard InChI is InChI=1S/C22H15ClN4O/c23-17-9-7-15(8-10-17)20-21(16-5-6-16)26-27-19(28)11-18(25-22(20)27)14-3-1-13(12-24)2-4-14/h1-4,7-11,16,26H,5-6H2. The van der Waals surface area contributed by atoms with Crippen LogP contribution in [0, 0.1) is 11.3 Å². The number of hydrogen-bond donors (Lipinski definition) is 1. The van der Waals surface area contributed by atoms with E-state index in [1.165, 1.54) is 10.6 Å². The number of nitriles is 1. The van der Waals surface area contributed by atoms with Gasteiger partial charge < -0.3 is 0 Å². The minimum Gasteiger partial charge on any atom is -0.293 e. The monoisotopic (exact) mass is 386 g/mol. The van der Waals surface area contributed by atoms with E-state index in [1.54, 1.807) is 12.1 Å². The molecule has 5 nitrogen and oxygen atoms in total. The van der Waals surface area contributed by atoms with Gasteiger partial charge in [0.25, 0.3) is 5.56 Å². The van der Waals surface area contributed by atoms with E-state index in [0.29, 0.717) is 27.8 Å². The first-order valence-electron chi connectivity index (χ1n) is 9.06. The lowest BCUT2D eigenvalue weighted by atomic mass is 10.0. The number of aromatic amines is 1. The van der Waals surface area contributed by atoms with Crippen molar-refractivity contribution >= 4 is 17.2 Å². The van der Waals surface area contributed by atoms with Crippen LogP contribution < -0.4 is 5.56 Å². The fourth-order valence-electron chi connectivity index (χ4n) is 3.49. The van der Waals surface area contributed by atoms with Crippen molar-refractivity contribution in [3.05, 3.63) is 81.2 Å². The Hall–Kier alpha value is -3.36. The van der Waals surface area contributed by atoms with Crippen LogP contribution in [0.1, 0.15) is 30.0 Å². The van der Waals surface area contributed by atoms with Crippen molar-refractivity contribution in [2.24, 2.45) is 0 Å². The van der Waals surface area contributed by atoms with Crippen molar-refractivity contribution < 1.29 is 0 Å². The summed E-state index contributed by atoms with van der Waals surface area (Å²) >= 11 is 6.06. The van der Waals surface area contributed by atoms with Crippen LogP contribution >= 0.6 is 11.6 Å². The molecule has 1 N–H and O–H groups in total. The first-order valence-corrected chi connectivity index (χ1v) is 9.44. The lowest BCUT2D eigenvalue weighted by molar-refractivity contribution is 0.855. The molecule has 2 aromatic carbocycles. The SMILES string of the molecule is N#Cc1ccc(-c2cc(=O)n3[nH]c(C4CC4)c(-c4ccc(Cl)cc4)c3n2)cc1. The maximum absolute atomic E-state index is 12.8. The van der Waals surface area contributed by atoms with E-state index in [0.717, 1.165) is 35.2 Å². The molecule has 4 aromatic rings. The van der Waals surface area contributed by atoms with Crippen LogP contribution in [0.15, 0.2) is 59.4 Å². The van der Waals surface area contributed by atoms with Crippen molar-refractivity contribution in [3.63, 3.8) is 0 Å². The average Bonchev–Trinajstić information content (AvgIpc) is 3.49. The molecule has 6 heteroatoms. The second kappa shape index (κ2) is 6.36. The van der Waals surface area contributed by atoms with Gasteiger partial charge in [-0.25, -0.2) is 9.50 Å². The van der Waals surface area contributed by atoms with Crippen LogP contribution in [0.4, 0.5) is 0 Å². The first kappa shape index (κ1) is 16.8. The molecule has 5 rings (SSSR count). The van der Waals surface area contributed by atoms with Gasteiger partial charge in [0.1, 0.15) is 0 Å². The highest BCUT2D eigenvalue weighted by Crippen LogP contribution is 2.45. The molecule has 2 aromatic heterocycles. The van der Waals surface area contributed by atoms with Crippen molar-refractivity contribution in [3.8, 4) is 28.5 Å². The Labute approximate surface area is 165 Å². The largest absolute Gasteiger partial charge is 0.293 e. The average molecular weight is 387 g/mol. The molecule has 2 heterocycles. The molecule has 136 valence electrons. The highest BCUT2D eigenvalue weighted by atomic mass is 35.5. The number of nitrogens with one attached hydrogen (secondary N) is 1. The maximum atomic E-state index is 12.8. The van der Waals surface area contributed by atoms with Gasteiger partial charge in [-0.1, -0.05) is 35.9 Å². The number of aromatic nitrogens is 3. The van der Waals surface area contributed by atoms with Gasteiger partial charge in [0.15, 0.2) is 5.65 Å². The third-order valence-corrected chi connectivity index (χ3v) is 5.32. The van der Waals surface area contributed by atoms with E-state index in [-0.39, 0.29) is 5.56 Å². The zero-order chi connectivity index (χ0) is 19.3. The molecule has 1 aliphatic rings. The summed E-state index contributed by atoms with van der Waals surface area (Å²) in [7, 11) is 0. The van der Waals surface area contributed by atoms with Gasteiger partial charge >= 0.3 is 0 Å². The van der Waals surface area contributed by atoms with E-state index in [1.807, 2.05) is 36.4 Å². The van der Waals surface area contributed by atoms with Gasteiger partial charge in [0.2, 0.25) is 0 Å². The quantitative estimate of drug-likeness (QED) is 0.551. The lowest BCUT2D eigenvalue weighted by Crippen LogP contribution is -2.14. The summed E-state index contributed by atoms with van der Waals surface area (Å²) < 4.78 is 1.52. The molecule has 0 amide bonds. The summed E-state index contributed by atoms with van der Waals surface area (Å²) in [5.74, 6) is 0.421. The molecule has 28 heavy (non-hydrogen) atoms. The Kier molecular flexibility index (Phi) is 3.81. The summed E-state index contributed by atoms with van der Waals surface area (Å²) in [5, 5.41) is 12.9. The van der Waals surface area contributed by atoms with E-state index < -0.39 is 0 Å². The summed E-state index contributed by atoms with van der Waals surface area (Å²) in [6, 6.07) is 18.3. The van der Waals surface area contributed by atoms with Gasteiger partial charge in [-0.3, -0.25) is 9.89 Å². The van der Waals surface area contributed by atoms with Crippen molar-refractivity contribution in [2.45, 2.75) is 18.8 Å². The Morgan fingerprint density at radius 3 is 2.39 bits per heavy atom. The van der Waals surface area contributed by atoms with Gasteiger partial charge in [0, 0.05) is 33.8 Å². The third kappa shape index (κ3) is 2.79. The summed E-state index contributed by atoms with van der Waals surface area (Å²) in [6.07, 6.45) is 2.20. The number of benzene rings is 2. The van der Waals surface area contributed by atoms with Crippen LogP contribution in [0.5, 0.6) is 0 Å². The molecule has 0 aliphatic heterocycles. The molecule has 0 atom stereocenters. The summed E-state index contributed by atoms with van der Waals surface area (Å²) in [4.78, 5) is 17.6. The summed E-state index contributed by atoms with van der Waals surface area (Å²) in [5.41, 5.74) is 5.38. The fraction of sp³-hybridized carbons (Fsp3) is 0.136. The zero-order valence-electron chi connectivity index (χ0n) is 14.8. The number of rotatable bonds is 3. The Bertz CT molecular complexity index is 1290. The molecular weight excluding hydrogens is 372 g/mol. The van der Waals surface area contributed by atoms with Crippen molar-refractivity contribution in [2.75, 3.05) is 0 Å². The van der Waals surface area contributed by atoms with Gasteiger partial charge in [-0.2, -0.15) is 5.26 Å². The minimum atomic E-state index is -0.161. The number of fused-ring (bicyclic) bond motifs is 1. The predicted octanol–water partition coefficient (Wildman–Crippen LogP) is 4.76. The zero-order valence-corrected chi connectivity index (χ0v) is 15.6. The van der Waals surface area contributed by atoms with Crippen LogP contribution in [0.3, 0.4) is 0 Å². The molecule has 0 spiro atoms. The highest BCUT2D eigenvalue weighted by molar-refractivity contribution is 6.30. The van der Waals surface area contributed by atoms with Crippen molar-refractivity contribution in [1.82, 2.24) is 14.6 Å². The fourth-order valence-corrected chi connectivity index (χ4v) is 3.61. The van der Waals surface area contributed by atoms with Crippen LogP contribution in [0.2, 0.25) is 5.02 Å². The molecule has 0 bridgehead atoms. The topological polar surface area (TPSA) is 73.9 Å². The normalized spacial score (nSPS) is 13.6. The predicted molar refractivity (Wildman–Crippen MR) is 108 cm³/mol. The Morgan fingerprint density at radius 2 is 1.75 bits per heavy atom. The van der Waals surface area contributed by atoms with E-state index in [9.17, 15) is 4.79 Å². The number of hydrogen-bond acceptors (Lipinski definition) is 3. The molecule has 0 unspecified atom stereocenters. The number of H-pyrrole nitrogens is 1. The number of halogens is 1. The molecule has 1 aliphatic carbocycles. The van der Waals surface area contributed by atoms with Crippen LogP contribution in [0.25, 0.3) is 28.0 Å². The second-order valence-corrected chi connectivity index (χ2v) is 7.45. The van der Waals surface area contributed by atoms with E-state index in [4.69, 9.17) is 21.8 Å². The molecule has 1 saturated carbocycles. The van der Waals surface area contributed by atoms with Crippen molar-refractivity contribution in [1.29, 1.82) is 5.26 Å². The number of nitrogens with zero attached hydrogens (tertiary/aromatic N) is 3. The van der Waals surface area contributed by atoms with Gasteiger partial charge in [-0.15, -0.1) is 0 Å². The maximum Gasteiger partial charge on any atom is 0.273 e. The minimum absolute atomic E-state index is 0.161. The molecule has 0 radical (unpaired) electrons. The first-order chi connectivity index (χ1) is 13.6. The Balaban J connectivity index is 1.76. The highest BCUT2D eigenvalue weighted by Gasteiger charge is 2.30. The molecule has 0 saturated heterocycles. The van der Waals surface area contributed by atoms with Crippen LogP contribution in [-0.2, 0) is 0 Å². The summed E-state index contributed by atoms with van der Waals surface area (Å²) in [6.45, 7) is 0.